The number of hydrogen-bond donors (Lipinski definition) is 0. The molecule has 0 aliphatic carbocycles. The number of methoxy groups -OCH3 is 1. The normalized spacial score (nSPS) is 24.6. The van der Waals surface area contributed by atoms with Crippen LogP contribution in [-0.4, -0.2) is 67.0 Å². The Kier molecular flexibility index (Phi) is 5.46. The number of rotatable bonds is 4. The van der Waals surface area contributed by atoms with E-state index in [4.69, 9.17) is 4.74 Å². The Labute approximate surface area is 171 Å². The number of carbonyl (C=O) groups is 2. The first-order chi connectivity index (χ1) is 14.1. The van der Waals surface area contributed by atoms with Crippen molar-refractivity contribution in [2.75, 3.05) is 44.7 Å². The van der Waals surface area contributed by atoms with E-state index < -0.39 is 5.54 Å². The molecule has 1 atom stereocenters. The van der Waals surface area contributed by atoms with Crippen LogP contribution in [0.1, 0.15) is 32.1 Å². The SMILES string of the molecule is COc1ccc(N2C[C@@H](C(=O)N3CCC(C#N)(N4CCCC4)CC3)CC2=O)cc1. The molecule has 0 unspecified atom stereocenters. The predicted molar refractivity (Wildman–Crippen MR) is 108 cm³/mol. The topological polar surface area (TPSA) is 76.9 Å². The fourth-order valence-corrected chi connectivity index (χ4v) is 4.88. The highest BCUT2D eigenvalue weighted by atomic mass is 16.5. The van der Waals surface area contributed by atoms with Crippen LogP contribution in [0.5, 0.6) is 5.75 Å². The summed E-state index contributed by atoms with van der Waals surface area (Å²) in [4.78, 5) is 31.5. The van der Waals surface area contributed by atoms with E-state index in [-0.39, 0.29) is 24.2 Å². The Hall–Kier alpha value is -2.59. The molecule has 3 fully saturated rings. The summed E-state index contributed by atoms with van der Waals surface area (Å²) in [5, 5.41) is 9.82. The maximum absolute atomic E-state index is 13.1. The van der Waals surface area contributed by atoms with Crippen molar-refractivity contribution in [3.05, 3.63) is 24.3 Å². The van der Waals surface area contributed by atoms with Gasteiger partial charge in [-0.1, -0.05) is 0 Å². The van der Waals surface area contributed by atoms with Crippen molar-refractivity contribution < 1.29 is 14.3 Å². The molecule has 7 nitrogen and oxygen atoms in total. The molecule has 1 aromatic carbocycles. The van der Waals surface area contributed by atoms with E-state index in [2.05, 4.69) is 11.0 Å². The second-order valence-corrected chi connectivity index (χ2v) is 8.27. The zero-order valence-electron chi connectivity index (χ0n) is 17.0. The van der Waals surface area contributed by atoms with Gasteiger partial charge in [-0.2, -0.15) is 5.26 Å². The van der Waals surface area contributed by atoms with Crippen LogP contribution in [-0.2, 0) is 9.59 Å². The van der Waals surface area contributed by atoms with Gasteiger partial charge in [0.05, 0.1) is 19.1 Å². The van der Waals surface area contributed by atoms with Crippen LogP contribution in [0.2, 0.25) is 0 Å². The average Bonchev–Trinajstić information content (AvgIpc) is 3.44. The maximum atomic E-state index is 13.1. The largest absolute Gasteiger partial charge is 0.497 e. The lowest BCUT2D eigenvalue weighted by atomic mass is 9.86. The minimum absolute atomic E-state index is 0.0195. The molecule has 4 rings (SSSR count). The quantitative estimate of drug-likeness (QED) is 0.778. The molecular weight excluding hydrogens is 368 g/mol. The molecule has 3 aliphatic rings. The third-order valence-electron chi connectivity index (χ3n) is 6.68. The zero-order chi connectivity index (χ0) is 20.4. The van der Waals surface area contributed by atoms with Gasteiger partial charge in [0.25, 0.3) is 0 Å². The molecule has 1 aromatic rings. The standard InChI is InChI=1S/C22H28N4O3/c1-29-19-6-4-18(5-7-19)26-15-17(14-20(26)27)21(28)24-12-8-22(16-23,9-13-24)25-10-2-3-11-25/h4-7,17H,2-3,8-15H2,1H3/t17-/m0/s1. The molecule has 0 saturated carbocycles. The number of piperidine rings is 1. The summed E-state index contributed by atoms with van der Waals surface area (Å²) in [5.41, 5.74) is 0.371. The van der Waals surface area contributed by atoms with Gasteiger partial charge in [0.1, 0.15) is 11.3 Å². The van der Waals surface area contributed by atoms with E-state index in [0.717, 1.165) is 37.4 Å². The fourth-order valence-electron chi connectivity index (χ4n) is 4.88. The van der Waals surface area contributed by atoms with Gasteiger partial charge >= 0.3 is 0 Å². The number of hydrogen-bond acceptors (Lipinski definition) is 5. The second-order valence-electron chi connectivity index (χ2n) is 8.27. The summed E-state index contributed by atoms with van der Waals surface area (Å²) >= 11 is 0. The Morgan fingerprint density at radius 3 is 2.38 bits per heavy atom. The van der Waals surface area contributed by atoms with Crippen molar-refractivity contribution in [2.45, 2.75) is 37.6 Å². The Morgan fingerprint density at radius 1 is 1.14 bits per heavy atom. The van der Waals surface area contributed by atoms with E-state index in [1.807, 2.05) is 29.2 Å². The van der Waals surface area contributed by atoms with Crippen LogP contribution in [0.3, 0.4) is 0 Å². The molecule has 0 bridgehead atoms. The number of carbonyl (C=O) groups excluding carboxylic acids is 2. The van der Waals surface area contributed by atoms with Gasteiger partial charge in [-0.15, -0.1) is 0 Å². The van der Waals surface area contributed by atoms with Crippen molar-refractivity contribution in [1.82, 2.24) is 9.80 Å². The summed E-state index contributed by atoms with van der Waals surface area (Å²) < 4.78 is 5.17. The smallest absolute Gasteiger partial charge is 0.228 e. The van der Waals surface area contributed by atoms with Crippen molar-refractivity contribution in [2.24, 2.45) is 5.92 Å². The molecule has 3 saturated heterocycles. The number of likely N-dealkylation sites (tertiary alicyclic amines) is 2. The van der Waals surface area contributed by atoms with E-state index in [9.17, 15) is 14.9 Å². The van der Waals surface area contributed by atoms with Gasteiger partial charge in [-0.05, 0) is 63.0 Å². The lowest BCUT2D eigenvalue weighted by Gasteiger charge is -2.43. The first-order valence-electron chi connectivity index (χ1n) is 10.5. The Balaban J connectivity index is 1.38. The number of benzene rings is 1. The molecule has 0 radical (unpaired) electrons. The van der Waals surface area contributed by atoms with Gasteiger partial charge in [0, 0.05) is 31.7 Å². The van der Waals surface area contributed by atoms with Gasteiger partial charge in [0.2, 0.25) is 11.8 Å². The number of nitriles is 1. The third kappa shape index (κ3) is 3.69. The van der Waals surface area contributed by atoms with Crippen molar-refractivity contribution in [3.63, 3.8) is 0 Å². The summed E-state index contributed by atoms with van der Waals surface area (Å²) in [6, 6.07) is 9.89. The van der Waals surface area contributed by atoms with Crippen LogP contribution < -0.4 is 9.64 Å². The summed E-state index contributed by atoms with van der Waals surface area (Å²) in [6.07, 6.45) is 3.93. The molecular formula is C22H28N4O3. The Morgan fingerprint density at radius 2 is 1.79 bits per heavy atom. The number of anilines is 1. The minimum Gasteiger partial charge on any atom is -0.497 e. The van der Waals surface area contributed by atoms with E-state index >= 15 is 0 Å². The van der Waals surface area contributed by atoms with Gasteiger partial charge in [-0.25, -0.2) is 0 Å². The van der Waals surface area contributed by atoms with Crippen LogP contribution in [0.4, 0.5) is 5.69 Å². The molecule has 154 valence electrons. The van der Waals surface area contributed by atoms with E-state index in [0.29, 0.717) is 32.5 Å². The van der Waals surface area contributed by atoms with Crippen molar-refractivity contribution in [3.8, 4) is 11.8 Å². The second kappa shape index (κ2) is 8.03. The highest BCUT2D eigenvalue weighted by Crippen LogP contribution is 2.33. The molecule has 29 heavy (non-hydrogen) atoms. The molecule has 0 aromatic heterocycles. The first-order valence-corrected chi connectivity index (χ1v) is 10.5. The zero-order valence-corrected chi connectivity index (χ0v) is 17.0. The molecule has 3 aliphatic heterocycles. The Bertz CT molecular complexity index is 802. The molecule has 7 heteroatoms. The van der Waals surface area contributed by atoms with Crippen LogP contribution in [0.25, 0.3) is 0 Å². The lowest BCUT2D eigenvalue weighted by molar-refractivity contribution is -0.137. The van der Waals surface area contributed by atoms with Gasteiger partial charge in [0.15, 0.2) is 0 Å². The summed E-state index contributed by atoms with van der Waals surface area (Å²) in [7, 11) is 1.61. The fraction of sp³-hybridized carbons (Fsp3) is 0.591. The highest BCUT2D eigenvalue weighted by molar-refractivity contribution is 6.00. The number of ether oxygens (including phenoxy) is 1. The molecule has 0 spiro atoms. The maximum Gasteiger partial charge on any atom is 0.228 e. The minimum atomic E-state index is -0.423. The molecule has 0 N–H and O–H groups in total. The van der Waals surface area contributed by atoms with Gasteiger partial charge < -0.3 is 14.5 Å². The molecule has 3 heterocycles. The summed E-state index contributed by atoms with van der Waals surface area (Å²) in [6.45, 7) is 3.56. The average molecular weight is 396 g/mol. The lowest BCUT2D eigenvalue weighted by Crippen LogP contribution is -2.55. The number of amides is 2. The summed E-state index contributed by atoms with van der Waals surface area (Å²) in [5.74, 6) is 0.447. The van der Waals surface area contributed by atoms with Crippen molar-refractivity contribution in [1.29, 1.82) is 5.26 Å². The highest BCUT2D eigenvalue weighted by Gasteiger charge is 2.44. The number of nitrogens with zero attached hydrogens (tertiary/aromatic N) is 4. The predicted octanol–water partition coefficient (Wildman–Crippen LogP) is 2.03. The van der Waals surface area contributed by atoms with Crippen LogP contribution in [0.15, 0.2) is 24.3 Å². The molecule has 2 amide bonds. The van der Waals surface area contributed by atoms with E-state index in [1.165, 1.54) is 0 Å². The third-order valence-corrected chi connectivity index (χ3v) is 6.68. The van der Waals surface area contributed by atoms with Crippen LogP contribution >= 0.6 is 0 Å². The first kappa shape index (κ1) is 19.7. The van der Waals surface area contributed by atoms with Crippen molar-refractivity contribution >= 4 is 17.5 Å². The van der Waals surface area contributed by atoms with E-state index in [1.54, 1.807) is 12.0 Å². The van der Waals surface area contributed by atoms with Crippen LogP contribution in [0, 0.1) is 17.2 Å². The van der Waals surface area contributed by atoms with Gasteiger partial charge in [-0.3, -0.25) is 14.5 Å². The monoisotopic (exact) mass is 396 g/mol.